The van der Waals surface area contributed by atoms with Crippen LogP contribution in [0.5, 0.6) is 0 Å². The molecule has 0 radical (unpaired) electrons. The number of benzene rings is 1. The molecule has 1 amide bonds. The Kier molecular flexibility index (Phi) is 9.45. The highest BCUT2D eigenvalue weighted by Crippen LogP contribution is 2.34. The minimum absolute atomic E-state index is 0.0687. The van der Waals surface area contributed by atoms with E-state index >= 15 is 0 Å². The minimum Gasteiger partial charge on any atom is -0.381 e. The molecule has 0 bridgehead atoms. The molecule has 3 fully saturated rings. The van der Waals surface area contributed by atoms with Gasteiger partial charge in [0.05, 0.1) is 23.9 Å². The molecule has 0 aliphatic carbocycles. The van der Waals surface area contributed by atoms with Gasteiger partial charge in [-0.05, 0) is 69.6 Å². The number of methoxy groups -OCH3 is 1. The molecule has 0 saturated carbocycles. The van der Waals surface area contributed by atoms with Gasteiger partial charge in [0.1, 0.15) is 17.8 Å². The number of halogens is 3. The number of carbonyl (C=O) groups is 1. The number of amides is 1. The smallest absolute Gasteiger partial charge is 0.381 e. The minimum atomic E-state index is -4.35. The van der Waals surface area contributed by atoms with E-state index in [0.717, 1.165) is 75.7 Å². The molecular formula is C30H40F3N5O3. The lowest BCUT2D eigenvalue weighted by atomic mass is 9.97. The van der Waals surface area contributed by atoms with Gasteiger partial charge in [-0.15, -0.1) is 0 Å². The summed E-state index contributed by atoms with van der Waals surface area (Å²) in [5, 5.41) is 3.33. The fraction of sp³-hybridized carbons (Fsp3) is 0.633. The van der Waals surface area contributed by atoms with Crippen molar-refractivity contribution in [3.05, 3.63) is 53.0 Å². The van der Waals surface area contributed by atoms with Crippen LogP contribution in [0.15, 0.2) is 30.6 Å². The van der Waals surface area contributed by atoms with Crippen LogP contribution in [0.3, 0.4) is 0 Å². The maximum absolute atomic E-state index is 13.4. The average Bonchev–Trinajstić information content (AvgIpc) is 3.00. The molecule has 5 rings (SSSR count). The molecule has 41 heavy (non-hydrogen) atoms. The summed E-state index contributed by atoms with van der Waals surface area (Å²) in [7, 11) is 1.78. The topological polar surface area (TPSA) is 79.8 Å². The first-order chi connectivity index (χ1) is 19.7. The summed E-state index contributed by atoms with van der Waals surface area (Å²) in [6.45, 7) is 5.85. The SMILES string of the molecule is COC1CCN(C2CCN(C(=O)c3ncnc(NCC4CCC[C@@H](c5ccc(C(F)(F)F)cc5)O4)c3C)CC2)CC1. The number of rotatable bonds is 7. The van der Waals surface area contributed by atoms with E-state index in [0.29, 0.717) is 48.9 Å². The first-order valence-corrected chi connectivity index (χ1v) is 14.7. The Labute approximate surface area is 239 Å². The summed E-state index contributed by atoms with van der Waals surface area (Å²) < 4.78 is 50.5. The van der Waals surface area contributed by atoms with E-state index in [4.69, 9.17) is 9.47 Å². The Balaban J connectivity index is 1.13. The fourth-order valence-corrected chi connectivity index (χ4v) is 6.30. The van der Waals surface area contributed by atoms with Gasteiger partial charge in [-0.1, -0.05) is 12.1 Å². The van der Waals surface area contributed by atoms with E-state index in [2.05, 4.69) is 20.2 Å². The van der Waals surface area contributed by atoms with Crippen LogP contribution in [0, 0.1) is 6.92 Å². The third-order valence-corrected chi connectivity index (χ3v) is 8.82. The summed E-state index contributed by atoms with van der Waals surface area (Å²) in [6.07, 6.45) is 3.58. The van der Waals surface area contributed by atoms with Gasteiger partial charge >= 0.3 is 6.18 Å². The van der Waals surface area contributed by atoms with Crippen LogP contribution >= 0.6 is 0 Å². The number of nitrogens with one attached hydrogen (secondary N) is 1. The van der Waals surface area contributed by atoms with Crippen LogP contribution in [-0.4, -0.2) is 83.8 Å². The molecule has 2 atom stereocenters. The fourth-order valence-electron chi connectivity index (χ4n) is 6.30. The van der Waals surface area contributed by atoms with E-state index < -0.39 is 11.7 Å². The Morgan fingerprint density at radius 3 is 2.39 bits per heavy atom. The molecule has 3 aliphatic heterocycles. The van der Waals surface area contributed by atoms with Crippen molar-refractivity contribution in [2.24, 2.45) is 0 Å². The quantitative estimate of drug-likeness (QED) is 0.484. The van der Waals surface area contributed by atoms with Gasteiger partial charge < -0.3 is 24.6 Å². The van der Waals surface area contributed by atoms with E-state index in [1.807, 2.05) is 11.8 Å². The van der Waals surface area contributed by atoms with Crippen molar-refractivity contribution < 1.29 is 27.4 Å². The Hall–Kier alpha value is -2.76. The Morgan fingerprint density at radius 2 is 1.73 bits per heavy atom. The molecule has 3 aliphatic rings. The molecule has 224 valence electrons. The van der Waals surface area contributed by atoms with Crippen molar-refractivity contribution >= 4 is 11.7 Å². The summed E-state index contributed by atoms with van der Waals surface area (Å²) in [6, 6.07) is 5.72. The molecule has 1 N–H and O–H groups in total. The lowest BCUT2D eigenvalue weighted by molar-refractivity contribution is -0.137. The normalized spacial score (nSPS) is 23.5. The number of nitrogens with zero attached hydrogens (tertiary/aromatic N) is 4. The molecule has 11 heteroatoms. The summed E-state index contributed by atoms with van der Waals surface area (Å²) >= 11 is 0. The Morgan fingerprint density at radius 1 is 1.02 bits per heavy atom. The van der Waals surface area contributed by atoms with E-state index in [1.54, 1.807) is 7.11 Å². The zero-order valence-electron chi connectivity index (χ0n) is 23.8. The maximum Gasteiger partial charge on any atom is 0.416 e. The monoisotopic (exact) mass is 575 g/mol. The van der Waals surface area contributed by atoms with Crippen molar-refractivity contribution in [1.82, 2.24) is 19.8 Å². The van der Waals surface area contributed by atoms with Gasteiger partial charge in [0, 0.05) is 51.4 Å². The van der Waals surface area contributed by atoms with E-state index in [-0.39, 0.29) is 18.1 Å². The lowest BCUT2D eigenvalue weighted by Gasteiger charge is -2.41. The molecule has 8 nitrogen and oxygen atoms in total. The van der Waals surface area contributed by atoms with Crippen LogP contribution in [0.2, 0.25) is 0 Å². The van der Waals surface area contributed by atoms with E-state index in [1.165, 1.54) is 18.5 Å². The number of anilines is 1. The van der Waals surface area contributed by atoms with Crippen molar-refractivity contribution in [2.75, 3.05) is 45.2 Å². The predicted octanol–water partition coefficient (Wildman–Crippen LogP) is 5.24. The molecule has 1 unspecified atom stereocenters. The van der Waals surface area contributed by atoms with Crippen LogP contribution in [-0.2, 0) is 15.7 Å². The summed E-state index contributed by atoms with van der Waals surface area (Å²) in [5.41, 5.74) is 1.20. The first kappa shape index (κ1) is 29.7. The molecule has 1 aromatic heterocycles. The van der Waals surface area contributed by atoms with Gasteiger partial charge in [-0.25, -0.2) is 9.97 Å². The number of carbonyl (C=O) groups excluding carboxylic acids is 1. The van der Waals surface area contributed by atoms with Crippen LogP contribution in [0.25, 0.3) is 0 Å². The van der Waals surface area contributed by atoms with Crippen molar-refractivity contribution in [1.29, 1.82) is 0 Å². The maximum atomic E-state index is 13.4. The second-order valence-corrected chi connectivity index (χ2v) is 11.4. The largest absolute Gasteiger partial charge is 0.416 e. The average molecular weight is 576 g/mol. The number of alkyl halides is 3. The Bertz CT molecular complexity index is 1160. The highest BCUT2D eigenvalue weighted by atomic mass is 19.4. The third kappa shape index (κ3) is 7.18. The number of hydrogen-bond donors (Lipinski definition) is 1. The van der Waals surface area contributed by atoms with Gasteiger partial charge in [0.15, 0.2) is 0 Å². The number of ether oxygens (including phenoxy) is 2. The first-order valence-electron chi connectivity index (χ1n) is 14.7. The molecule has 1 aromatic carbocycles. The summed E-state index contributed by atoms with van der Waals surface area (Å²) in [5.74, 6) is 0.528. The predicted molar refractivity (Wildman–Crippen MR) is 149 cm³/mol. The number of aromatic nitrogens is 2. The van der Waals surface area contributed by atoms with Crippen LogP contribution in [0.1, 0.15) is 78.2 Å². The van der Waals surface area contributed by atoms with Gasteiger partial charge in [-0.3, -0.25) is 4.79 Å². The van der Waals surface area contributed by atoms with Crippen molar-refractivity contribution in [3.63, 3.8) is 0 Å². The molecule has 3 saturated heterocycles. The molecule has 0 spiro atoms. The molecule has 2 aromatic rings. The summed E-state index contributed by atoms with van der Waals surface area (Å²) in [4.78, 5) is 26.6. The van der Waals surface area contributed by atoms with Gasteiger partial charge in [0.2, 0.25) is 0 Å². The second-order valence-electron chi connectivity index (χ2n) is 11.4. The number of hydrogen-bond acceptors (Lipinski definition) is 7. The van der Waals surface area contributed by atoms with Gasteiger partial charge in [-0.2, -0.15) is 13.2 Å². The van der Waals surface area contributed by atoms with Gasteiger partial charge in [0.25, 0.3) is 5.91 Å². The van der Waals surface area contributed by atoms with Crippen LogP contribution < -0.4 is 5.32 Å². The zero-order chi connectivity index (χ0) is 29.0. The molecular weight excluding hydrogens is 535 g/mol. The van der Waals surface area contributed by atoms with E-state index in [9.17, 15) is 18.0 Å². The third-order valence-electron chi connectivity index (χ3n) is 8.82. The number of likely N-dealkylation sites (tertiary alicyclic amines) is 2. The molecule has 4 heterocycles. The van der Waals surface area contributed by atoms with Crippen molar-refractivity contribution in [2.45, 2.75) is 82.4 Å². The highest BCUT2D eigenvalue weighted by Gasteiger charge is 2.32. The highest BCUT2D eigenvalue weighted by molar-refractivity contribution is 5.94. The zero-order valence-corrected chi connectivity index (χ0v) is 23.8. The van der Waals surface area contributed by atoms with Crippen LogP contribution in [0.4, 0.5) is 19.0 Å². The standard InChI is InChI=1S/C30H40F3N5O3/c1-20-27(29(39)38-14-10-23(11-15-38)37-16-12-24(40-2)13-17-37)35-19-36-28(20)34-18-25-4-3-5-26(41-25)21-6-8-22(9-7-21)30(31,32)33/h6-9,19,23-26H,3-5,10-18H2,1-2H3,(H,34,35,36)/t25?,26-/m0/s1. The van der Waals surface area contributed by atoms with Crippen molar-refractivity contribution in [3.8, 4) is 0 Å². The number of piperidine rings is 2. The second kappa shape index (κ2) is 13.0. The lowest BCUT2D eigenvalue weighted by Crippen LogP contribution is -2.49.